The van der Waals surface area contributed by atoms with E-state index in [1.807, 2.05) is 12.2 Å². The Balaban J connectivity index is -0.0000000994. The molecule has 1 rings (SSSR count). The SMILES string of the molecule is C=CCCC(C)[O-].C=CCCC(C)[O-].[C-]1=CC=CC1.[CH3-].[Ti+4]. The predicted octanol–water partition coefficient (Wildman–Crippen LogP) is 3.16. The van der Waals surface area contributed by atoms with E-state index in [-0.39, 0.29) is 29.1 Å². The first-order valence-electron chi connectivity index (χ1n) is 6.79. The summed E-state index contributed by atoms with van der Waals surface area (Å²) in [5.74, 6) is 0. The second kappa shape index (κ2) is 24.6. The molecule has 0 aromatic carbocycles. The van der Waals surface area contributed by atoms with Crippen molar-refractivity contribution in [2.75, 3.05) is 0 Å². The molecule has 0 fully saturated rings. The topological polar surface area (TPSA) is 46.1 Å². The van der Waals surface area contributed by atoms with E-state index in [9.17, 15) is 10.2 Å². The van der Waals surface area contributed by atoms with Crippen LogP contribution in [-0.4, -0.2) is 12.2 Å². The van der Waals surface area contributed by atoms with E-state index >= 15 is 0 Å². The maximum absolute atomic E-state index is 10.2. The molecule has 2 unspecified atom stereocenters. The molecule has 0 amide bonds. The molecule has 21 heavy (non-hydrogen) atoms. The minimum Gasteiger partial charge on any atom is -0.852 e. The number of hydrogen-bond acceptors (Lipinski definition) is 2. The van der Waals surface area contributed by atoms with E-state index in [0.29, 0.717) is 0 Å². The Kier molecular flexibility index (Phi) is 33.6. The van der Waals surface area contributed by atoms with Crippen LogP contribution in [0.3, 0.4) is 0 Å². The summed E-state index contributed by atoms with van der Waals surface area (Å²) in [7, 11) is 0. The Morgan fingerprint density at radius 2 is 1.52 bits per heavy atom. The molecule has 2 nitrogen and oxygen atoms in total. The average Bonchev–Trinajstić information content (AvgIpc) is 2.93. The monoisotopic (exact) mass is 326 g/mol. The number of hydrogen-bond donors (Lipinski definition) is 0. The van der Waals surface area contributed by atoms with E-state index in [0.717, 1.165) is 32.1 Å². The average molecular weight is 326 g/mol. The molecule has 0 aromatic rings. The Labute approximate surface area is 147 Å². The summed E-state index contributed by atoms with van der Waals surface area (Å²) in [5, 5.41) is 20.5. The zero-order valence-corrected chi connectivity index (χ0v) is 15.4. The van der Waals surface area contributed by atoms with Crippen LogP contribution in [0.5, 0.6) is 0 Å². The molecule has 118 valence electrons. The fourth-order valence-electron chi connectivity index (χ4n) is 1.05. The van der Waals surface area contributed by atoms with Gasteiger partial charge in [0.25, 0.3) is 0 Å². The molecule has 0 aliphatic heterocycles. The Morgan fingerprint density at radius 3 is 1.62 bits per heavy atom. The summed E-state index contributed by atoms with van der Waals surface area (Å²) in [5.41, 5.74) is 0. The largest absolute Gasteiger partial charge is 4.00 e. The van der Waals surface area contributed by atoms with Crippen LogP contribution in [0, 0.1) is 13.5 Å². The first-order valence-corrected chi connectivity index (χ1v) is 6.79. The van der Waals surface area contributed by atoms with Crippen molar-refractivity contribution < 1.29 is 31.9 Å². The molecule has 2 atom stereocenters. The second-order valence-corrected chi connectivity index (χ2v) is 4.36. The summed E-state index contributed by atoms with van der Waals surface area (Å²) in [4.78, 5) is 0. The van der Waals surface area contributed by atoms with Gasteiger partial charge >= 0.3 is 21.7 Å². The quantitative estimate of drug-likeness (QED) is 0.428. The smallest absolute Gasteiger partial charge is 0.852 e. The van der Waals surface area contributed by atoms with Gasteiger partial charge in [-0.3, -0.25) is 6.08 Å². The van der Waals surface area contributed by atoms with Gasteiger partial charge in [0.15, 0.2) is 0 Å². The van der Waals surface area contributed by atoms with Crippen molar-refractivity contribution >= 4 is 0 Å². The molecule has 3 heteroatoms. The van der Waals surface area contributed by atoms with Gasteiger partial charge in [0, 0.05) is 0 Å². The van der Waals surface area contributed by atoms with Crippen LogP contribution in [0.1, 0.15) is 46.0 Å². The van der Waals surface area contributed by atoms with Gasteiger partial charge in [0.05, 0.1) is 0 Å². The van der Waals surface area contributed by atoms with Gasteiger partial charge in [-0.15, -0.1) is 31.8 Å². The zero-order chi connectivity index (χ0) is 14.9. The van der Waals surface area contributed by atoms with Crippen molar-refractivity contribution in [1.82, 2.24) is 0 Å². The molecular weight excluding hydrogens is 296 g/mol. The Morgan fingerprint density at radius 1 is 1.10 bits per heavy atom. The van der Waals surface area contributed by atoms with Crippen molar-refractivity contribution in [1.29, 1.82) is 0 Å². The summed E-state index contributed by atoms with van der Waals surface area (Å²) >= 11 is 0. The summed E-state index contributed by atoms with van der Waals surface area (Å²) in [6, 6.07) is 0. The van der Waals surface area contributed by atoms with Crippen LogP contribution >= 0.6 is 0 Å². The minimum absolute atomic E-state index is 0. The third kappa shape index (κ3) is 38.2. The molecule has 1 aliphatic rings. The first kappa shape index (κ1) is 28.7. The number of allylic oxidation sites excluding steroid dienone is 6. The van der Waals surface area contributed by atoms with Crippen molar-refractivity contribution in [3.05, 3.63) is 57.0 Å². The van der Waals surface area contributed by atoms with Crippen molar-refractivity contribution in [3.8, 4) is 0 Å². The second-order valence-electron chi connectivity index (χ2n) is 4.36. The normalized spacial score (nSPS) is 13.1. The third-order valence-electron chi connectivity index (χ3n) is 2.14. The van der Waals surface area contributed by atoms with E-state index in [1.54, 1.807) is 26.0 Å². The summed E-state index contributed by atoms with van der Waals surface area (Å²) < 4.78 is 0. The van der Waals surface area contributed by atoms with Crippen LogP contribution < -0.4 is 10.2 Å². The Hall–Kier alpha value is -0.406. The van der Waals surface area contributed by atoms with E-state index in [4.69, 9.17) is 0 Å². The van der Waals surface area contributed by atoms with Crippen LogP contribution in [0.2, 0.25) is 0 Å². The standard InChI is InChI=1S/2C6H11O.C5H5.CH3.Ti/c2*1-3-4-5-6(2)7;1-2-4-5-3-1;;/h2*3,6H,1,4-5H2,2H3;1-3H,4H2;1H3;/q4*-1;+4. The van der Waals surface area contributed by atoms with Crippen LogP contribution in [0.15, 0.2) is 43.5 Å². The fourth-order valence-corrected chi connectivity index (χ4v) is 1.05. The van der Waals surface area contributed by atoms with Crippen molar-refractivity contribution in [3.63, 3.8) is 0 Å². The first-order chi connectivity index (χ1) is 9.04. The van der Waals surface area contributed by atoms with Gasteiger partial charge < -0.3 is 17.6 Å². The number of rotatable bonds is 6. The Bertz CT molecular complexity index is 230. The molecule has 0 saturated heterocycles. The maximum atomic E-state index is 10.2. The van der Waals surface area contributed by atoms with Crippen LogP contribution in [0.25, 0.3) is 0 Å². The predicted molar refractivity (Wildman–Crippen MR) is 85.8 cm³/mol. The fraction of sp³-hybridized carbons (Fsp3) is 0.500. The molecule has 0 N–H and O–H groups in total. The zero-order valence-electron chi connectivity index (χ0n) is 13.8. The molecule has 0 bridgehead atoms. The van der Waals surface area contributed by atoms with Crippen molar-refractivity contribution in [2.24, 2.45) is 0 Å². The van der Waals surface area contributed by atoms with Crippen molar-refractivity contribution in [2.45, 2.75) is 58.2 Å². The summed E-state index contributed by atoms with van der Waals surface area (Å²) in [6.07, 6.45) is 15.9. The third-order valence-corrected chi connectivity index (χ3v) is 2.14. The summed E-state index contributed by atoms with van der Waals surface area (Å²) in [6.45, 7) is 10.3. The van der Waals surface area contributed by atoms with Crippen LogP contribution in [-0.2, 0) is 21.7 Å². The molecule has 0 spiro atoms. The molecule has 1 aliphatic carbocycles. The molecule has 0 heterocycles. The molecular formula is C18H30O2Ti. The van der Waals surface area contributed by atoms with Crippen LogP contribution in [0.4, 0.5) is 0 Å². The molecule has 0 radical (unpaired) electrons. The molecule has 0 saturated carbocycles. The minimum atomic E-state index is -0.419. The van der Waals surface area contributed by atoms with Gasteiger partial charge in [0.1, 0.15) is 0 Å². The van der Waals surface area contributed by atoms with E-state index in [2.05, 4.69) is 25.3 Å². The maximum Gasteiger partial charge on any atom is 4.00 e. The van der Waals surface area contributed by atoms with Gasteiger partial charge in [-0.05, 0) is 12.8 Å². The van der Waals surface area contributed by atoms with E-state index in [1.165, 1.54) is 0 Å². The molecule has 0 aromatic heterocycles. The van der Waals surface area contributed by atoms with E-state index < -0.39 is 12.2 Å². The van der Waals surface area contributed by atoms with Gasteiger partial charge in [0.2, 0.25) is 0 Å². The van der Waals surface area contributed by atoms with Gasteiger partial charge in [-0.1, -0.05) is 38.8 Å². The van der Waals surface area contributed by atoms with Gasteiger partial charge in [-0.25, -0.2) is 12.2 Å². The van der Waals surface area contributed by atoms with Gasteiger partial charge in [-0.2, -0.15) is 6.08 Å².